The standard InChI is InChI=1S/C63H77N9O4S2/c1-44(70(7)29-30-73-8)54-41-74-61(2,3)35-49(54)48(38-64)19-22-62(4)36-50-52(39-65)59(67-57(55(50)42-75-62)71-23-12-13-24-71)78-32-21-46-17-14-18-47(33-46)34-63(5)37-51-53(40-66)60(77-31-20-45-15-10-9-11-16-45)68-58(56(51)43-76-63)72-27-25-69(6)26-28-72/h9-11,14-19,33H,1,12-13,20-32,34-37,41-43H2,2-8H3. The van der Waals surface area contributed by atoms with Crippen LogP contribution in [-0.2, 0) is 64.3 Å². The molecule has 4 aromatic rings. The van der Waals surface area contributed by atoms with Crippen LogP contribution in [0.5, 0.6) is 0 Å². The number of nitriles is 3. The molecule has 9 rings (SSSR count). The lowest BCUT2D eigenvalue weighted by Crippen LogP contribution is -2.46. The van der Waals surface area contributed by atoms with Crippen molar-refractivity contribution in [2.24, 2.45) is 0 Å². The number of rotatable bonds is 20. The Kier molecular flexibility index (Phi) is 18.4. The van der Waals surface area contributed by atoms with E-state index in [2.05, 4.69) is 128 Å². The van der Waals surface area contributed by atoms with Gasteiger partial charge in [-0.2, -0.15) is 15.8 Å². The lowest BCUT2D eigenvalue weighted by atomic mass is 9.83. The number of fused-ring (bicyclic) bond motifs is 2. The molecule has 2 fully saturated rings. The van der Waals surface area contributed by atoms with E-state index < -0.39 is 16.8 Å². The number of thioether (sulfide) groups is 2. The molecule has 13 nitrogen and oxygen atoms in total. The van der Waals surface area contributed by atoms with E-state index in [1.54, 1.807) is 30.6 Å². The second-order valence-corrected chi connectivity index (χ2v) is 25.0. The SMILES string of the molecule is C=C(C1=C(C(C#N)=CCC2(C)Cc3c(C#N)c(SCCc4cccc(CC5(C)Cc6c(C#N)c(SCCc7ccccc7)nc(N7CCN(C)CC7)c6CO5)c4)nc(N4CCCC4)c3CO2)CC(C)(C)OC1)N(C)CCOC. The first kappa shape index (κ1) is 57.0. The number of piperazine rings is 1. The van der Waals surface area contributed by atoms with Crippen molar-refractivity contribution in [3.8, 4) is 18.2 Å². The highest BCUT2D eigenvalue weighted by Gasteiger charge is 2.39. The molecule has 410 valence electrons. The van der Waals surface area contributed by atoms with Crippen molar-refractivity contribution in [3.05, 3.63) is 140 Å². The number of hydrogen-bond donors (Lipinski definition) is 0. The van der Waals surface area contributed by atoms with Gasteiger partial charge in [-0.15, -0.1) is 23.5 Å². The molecule has 0 amide bonds. The smallest absolute Gasteiger partial charge is 0.135 e. The van der Waals surface area contributed by atoms with Crippen LogP contribution in [0.2, 0.25) is 0 Å². The van der Waals surface area contributed by atoms with Gasteiger partial charge in [0, 0.05) is 120 Å². The highest BCUT2D eigenvalue weighted by atomic mass is 32.2. The van der Waals surface area contributed by atoms with Gasteiger partial charge in [0.2, 0.25) is 0 Å². The van der Waals surface area contributed by atoms with Crippen molar-refractivity contribution in [3.63, 3.8) is 0 Å². The normalized spacial score (nSPS) is 21.4. The molecule has 0 bridgehead atoms. The van der Waals surface area contributed by atoms with Crippen LogP contribution in [-0.4, -0.2) is 128 Å². The molecule has 5 aliphatic heterocycles. The minimum atomic E-state index is -0.662. The number of nitrogens with zero attached hydrogens (tertiary/aromatic N) is 9. The molecular weight excluding hydrogens is 1010 g/mol. The second kappa shape index (κ2) is 25.2. The lowest BCUT2D eigenvalue weighted by Gasteiger charge is -2.40. The predicted octanol–water partition coefficient (Wildman–Crippen LogP) is 10.6. The molecule has 0 radical (unpaired) electrons. The van der Waals surface area contributed by atoms with Crippen molar-refractivity contribution in [2.75, 3.05) is 102 Å². The maximum Gasteiger partial charge on any atom is 0.135 e. The summed E-state index contributed by atoms with van der Waals surface area (Å²) in [4.78, 5) is 19.7. The van der Waals surface area contributed by atoms with Gasteiger partial charge in [0.25, 0.3) is 0 Å². The Morgan fingerprint density at radius 1 is 0.718 bits per heavy atom. The zero-order valence-electron chi connectivity index (χ0n) is 47.0. The highest BCUT2D eigenvalue weighted by molar-refractivity contribution is 7.99. The van der Waals surface area contributed by atoms with Crippen molar-refractivity contribution in [2.45, 2.75) is 126 Å². The van der Waals surface area contributed by atoms with E-state index in [4.69, 9.17) is 28.9 Å². The van der Waals surface area contributed by atoms with Crippen molar-refractivity contribution >= 4 is 35.2 Å². The van der Waals surface area contributed by atoms with Crippen molar-refractivity contribution in [1.82, 2.24) is 19.8 Å². The van der Waals surface area contributed by atoms with Crippen LogP contribution in [0.15, 0.2) is 99.7 Å². The fourth-order valence-electron chi connectivity index (χ4n) is 11.6. The van der Waals surface area contributed by atoms with Crippen LogP contribution in [0.1, 0.15) is 103 Å². The summed E-state index contributed by atoms with van der Waals surface area (Å²) in [5.74, 6) is 3.49. The van der Waals surface area contributed by atoms with E-state index in [0.29, 0.717) is 81.8 Å². The number of methoxy groups -OCH3 is 1. The summed E-state index contributed by atoms with van der Waals surface area (Å²) < 4.78 is 25.2. The molecule has 2 saturated heterocycles. The first-order valence-corrected chi connectivity index (χ1v) is 29.7. The second-order valence-electron chi connectivity index (χ2n) is 22.8. The molecule has 0 spiro atoms. The summed E-state index contributed by atoms with van der Waals surface area (Å²) in [5, 5.41) is 34.1. The Morgan fingerprint density at radius 3 is 1.91 bits per heavy atom. The number of hydrogen-bond acceptors (Lipinski definition) is 15. The topological polar surface area (TPSA) is 147 Å². The first-order valence-electron chi connectivity index (χ1n) is 27.7. The van der Waals surface area contributed by atoms with E-state index in [9.17, 15) is 15.8 Å². The van der Waals surface area contributed by atoms with E-state index in [0.717, 1.165) is 137 Å². The van der Waals surface area contributed by atoms with E-state index in [-0.39, 0.29) is 0 Å². The minimum absolute atomic E-state index is 0.345. The molecule has 5 aliphatic rings. The van der Waals surface area contributed by atoms with Crippen LogP contribution in [0.4, 0.5) is 11.6 Å². The maximum absolute atomic E-state index is 11.0. The number of pyridine rings is 2. The zero-order chi connectivity index (χ0) is 55.0. The number of allylic oxidation sites excluding steroid dienone is 1. The van der Waals surface area contributed by atoms with Gasteiger partial charge < -0.3 is 38.5 Å². The summed E-state index contributed by atoms with van der Waals surface area (Å²) in [6.07, 6.45) is 8.84. The molecule has 7 heterocycles. The van der Waals surface area contributed by atoms with Gasteiger partial charge in [-0.25, -0.2) is 9.97 Å². The quantitative estimate of drug-likeness (QED) is 0.0610. The number of likely N-dealkylation sites (N-methyl/N-ethyl adjacent to an activating group) is 2. The van der Waals surface area contributed by atoms with E-state index in [1.165, 1.54) is 16.7 Å². The predicted molar refractivity (Wildman–Crippen MR) is 312 cm³/mol. The number of ether oxygens (including phenoxy) is 4. The van der Waals surface area contributed by atoms with E-state index in [1.807, 2.05) is 19.2 Å². The van der Waals surface area contributed by atoms with Crippen molar-refractivity contribution in [1.29, 1.82) is 15.8 Å². The van der Waals surface area contributed by atoms with Crippen LogP contribution in [0, 0.1) is 34.0 Å². The summed E-state index contributed by atoms with van der Waals surface area (Å²) in [6.45, 7) is 20.7. The zero-order valence-corrected chi connectivity index (χ0v) is 48.6. The maximum atomic E-state index is 11.0. The molecule has 78 heavy (non-hydrogen) atoms. The molecule has 0 N–H and O–H groups in total. The van der Waals surface area contributed by atoms with Gasteiger partial charge in [0.05, 0.1) is 66.0 Å². The van der Waals surface area contributed by atoms with Crippen LogP contribution >= 0.6 is 23.5 Å². The van der Waals surface area contributed by atoms with Gasteiger partial charge in [-0.1, -0.05) is 67.3 Å². The number of benzene rings is 2. The van der Waals surface area contributed by atoms with Crippen LogP contribution in [0.3, 0.4) is 0 Å². The Balaban J connectivity index is 0.918. The average Bonchev–Trinajstić information content (AvgIpc) is 4.12. The van der Waals surface area contributed by atoms with Gasteiger partial charge in [0.15, 0.2) is 0 Å². The molecule has 2 atom stereocenters. The first-order chi connectivity index (χ1) is 37.6. The highest BCUT2D eigenvalue weighted by Crippen LogP contribution is 2.44. The van der Waals surface area contributed by atoms with Gasteiger partial charge in [-0.3, -0.25) is 0 Å². The largest absolute Gasteiger partial charge is 0.383 e. The van der Waals surface area contributed by atoms with Gasteiger partial charge in [-0.05, 0) is 100 Å². The number of aryl methyl sites for hydroxylation is 2. The van der Waals surface area contributed by atoms with E-state index >= 15 is 0 Å². The van der Waals surface area contributed by atoms with Crippen molar-refractivity contribution < 1.29 is 18.9 Å². The van der Waals surface area contributed by atoms with Crippen LogP contribution in [0.25, 0.3) is 0 Å². The third-order valence-corrected chi connectivity index (χ3v) is 18.2. The van der Waals surface area contributed by atoms with Crippen LogP contribution < -0.4 is 9.80 Å². The molecule has 2 unspecified atom stereocenters. The summed E-state index contributed by atoms with van der Waals surface area (Å²) in [7, 11) is 5.84. The molecule has 0 aliphatic carbocycles. The summed E-state index contributed by atoms with van der Waals surface area (Å²) in [6, 6.07) is 27.1. The Bertz CT molecular complexity index is 3040. The monoisotopic (exact) mass is 1090 g/mol. The Hall–Kier alpha value is -5.67. The van der Waals surface area contributed by atoms with Gasteiger partial charge in [0.1, 0.15) is 33.8 Å². The molecule has 2 aromatic heterocycles. The fourth-order valence-corrected chi connectivity index (χ4v) is 13.6. The minimum Gasteiger partial charge on any atom is -0.383 e. The van der Waals surface area contributed by atoms with Gasteiger partial charge >= 0.3 is 0 Å². The molecule has 0 saturated carbocycles. The molecule has 15 heteroatoms. The molecule has 2 aromatic carbocycles. The molecular formula is C63H77N9O4S2. The fraction of sp³-hybridized carbons (Fsp3) is 0.508. The Morgan fingerprint density at radius 2 is 1.29 bits per heavy atom. The third-order valence-electron chi connectivity index (χ3n) is 16.2. The third kappa shape index (κ3) is 13.3. The summed E-state index contributed by atoms with van der Waals surface area (Å²) in [5.41, 5.74) is 10.8. The average molecular weight is 1090 g/mol. The number of aromatic nitrogens is 2. The summed E-state index contributed by atoms with van der Waals surface area (Å²) >= 11 is 3.34. The number of anilines is 2. The lowest BCUT2D eigenvalue weighted by molar-refractivity contribution is -0.0537. The Labute approximate surface area is 472 Å².